The highest BCUT2D eigenvalue weighted by Crippen LogP contribution is 2.22. The molecule has 0 saturated carbocycles. The highest BCUT2D eigenvalue weighted by molar-refractivity contribution is 5.53. The second-order valence-electron chi connectivity index (χ2n) is 6.62. The van der Waals surface area contributed by atoms with Crippen LogP contribution >= 0.6 is 0 Å². The smallest absolute Gasteiger partial charge is 0.257 e. The normalized spacial score (nSPS) is 18.5. The van der Waals surface area contributed by atoms with E-state index < -0.39 is 0 Å². The Bertz CT molecular complexity index is 813. The molecule has 3 heterocycles. The number of aryl methyl sites for hydroxylation is 1. The maximum absolute atomic E-state index is 5.47. The molecule has 130 valence electrons. The monoisotopic (exact) mass is 338 g/mol. The highest BCUT2D eigenvalue weighted by Gasteiger charge is 2.24. The van der Waals surface area contributed by atoms with E-state index >= 15 is 0 Å². The fraction of sp³-hybridized carbons (Fsp3) is 0.444. The van der Waals surface area contributed by atoms with Crippen molar-refractivity contribution in [2.45, 2.75) is 45.3 Å². The maximum atomic E-state index is 5.47. The van der Waals surface area contributed by atoms with Crippen molar-refractivity contribution in [1.82, 2.24) is 29.8 Å². The van der Waals surface area contributed by atoms with Crippen LogP contribution in [0.2, 0.25) is 0 Å². The molecule has 0 spiro atoms. The lowest BCUT2D eigenvalue weighted by molar-refractivity contribution is 0.117. The molecule has 3 aromatic rings. The van der Waals surface area contributed by atoms with Gasteiger partial charge in [-0.3, -0.25) is 9.58 Å². The molecule has 7 nitrogen and oxygen atoms in total. The Morgan fingerprint density at radius 3 is 3.08 bits per heavy atom. The van der Waals surface area contributed by atoms with Crippen LogP contribution in [0.25, 0.3) is 11.5 Å². The van der Waals surface area contributed by atoms with Gasteiger partial charge in [-0.15, -0.1) is 0 Å². The zero-order valence-corrected chi connectivity index (χ0v) is 14.4. The molecule has 1 atom stereocenters. The average molecular weight is 338 g/mol. The first-order chi connectivity index (χ1) is 12.3. The van der Waals surface area contributed by atoms with E-state index in [9.17, 15) is 0 Å². The zero-order valence-electron chi connectivity index (χ0n) is 14.4. The summed E-state index contributed by atoms with van der Waals surface area (Å²) in [4.78, 5) is 11.1. The minimum atomic E-state index is 0.427. The summed E-state index contributed by atoms with van der Waals surface area (Å²) in [5.41, 5.74) is 2.15. The number of nitrogens with zero attached hydrogens (tertiary/aromatic N) is 6. The summed E-state index contributed by atoms with van der Waals surface area (Å²) in [6.45, 7) is 4.66. The van der Waals surface area contributed by atoms with E-state index in [1.807, 2.05) is 16.8 Å². The Morgan fingerprint density at radius 2 is 2.24 bits per heavy atom. The molecule has 0 radical (unpaired) electrons. The van der Waals surface area contributed by atoms with Crippen molar-refractivity contribution < 1.29 is 4.52 Å². The minimum Gasteiger partial charge on any atom is -0.334 e. The molecule has 25 heavy (non-hydrogen) atoms. The zero-order chi connectivity index (χ0) is 17.1. The Morgan fingerprint density at radius 1 is 1.28 bits per heavy atom. The van der Waals surface area contributed by atoms with Crippen molar-refractivity contribution in [2.75, 3.05) is 6.54 Å². The first-order valence-electron chi connectivity index (χ1n) is 8.74. The van der Waals surface area contributed by atoms with Gasteiger partial charge in [-0.1, -0.05) is 29.3 Å². The lowest BCUT2D eigenvalue weighted by Gasteiger charge is -2.34. The van der Waals surface area contributed by atoms with Gasteiger partial charge in [-0.05, 0) is 38.4 Å². The number of aromatic nitrogens is 5. The number of benzene rings is 1. The SMILES string of the molecule is Cc1cccc(-c2nc(CN3CCCC[C@H]3Cn3cncn3)no2)c1. The van der Waals surface area contributed by atoms with Gasteiger partial charge in [0, 0.05) is 11.6 Å². The van der Waals surface area contributed by atoms with E-state index in [2.05, 4.69) is 44.2 Å². The second-order valence-corrected chi connectivity index (χ2v) is 6.62. The van der Waals surface area contributed by atoms with Crippen molar-refractivity contribution in [3.8, 4) is 11.5 Å². The van der Waals surface area contributed by atoms with E-state index in [0.717, 1.165) is 30.9 Å². The van der Waals surface area contributed by atoms with Crippen molar-refractivity contribution in [1.29, 1.82) is 0 Å². The molecule has 4 rings (SSSR count). The molecule has 0 unspecified atom stereocenters. The average Bonchev–Trinajstić information content (AvgIpc) is 3.29. The summed E-state index contributed by atoms with van der Waals surface area (Å²) < 4.78 is 7.37. The predicted molar refractivity (Wildman–Crippen MR) is 92.5 cm³/mol. The molecular weight excluding hydrogens is 316 g/mol. The summed E-state index contributed by atoms with van der Waals surface area (Å²) in [5.74, 6) is 1.32. The summed E-state index contributed by atoms with van der Waals surface area (Å²) >= 11 is 0. The van der Waals surface area contributed by atoms with Gasteiger partial charge >= 0.3 is 0 Å². The molecule has 2 aromatic heterocycles. The first kappa shape index (κ1) is 16.0. The molecule has 0 aliphatic carbocycles. The number of rotatable bonds is 5. The summed E-state index contributed by atoms with van der Waals surface area (Å²) in [6, 6.07) is 8.55. The minimum absolute atomic E-state index is 0.427. The quantitative estimate of drug-likeness (QED) is 0.712. The van der Waals surface area contributed by atoms with Crippen LogP contribution in [0.4, 0.5) is 0 Å². The molecule has 0 amide bonds. The van der Waals surface area contributed by atoms with Gasteiger partial charge in [0.25, 0.3) is 5.89 Å². The molecule has 1 fully saturated rings. The molecular formula is C18H22N6O. The number of hydrogen-bond donors (Lipinski definition) is 0. The van der Waals surface area contributed by atoms with Crippen LogP contribution < -0.4 is 0 Å². The Kier molecular flexibility index (Phi) is 4.56. The lowest BCUT2D eigenvalue weighted by Crippen LogP contribution is -2.41. The number of likely N-dealkylation sites (tertiary alicyclic amines) is 1. The van der Waals surface area contributed by atoms with Crippen molar-refractivity contribution in [3.63, 3.8) is 0 Å². The van der Waals surface area contributed by atoms with E-state index in [4.69, 9.17) is 4.52 Å². The van der Waals surface area contributed by atoms with Crippen molar-refractivity contribution >= 4 is 0 Å². The van der Waals surface area contributed by atoms with Crippen LogP contribution in [0.15, 0.2) is 41.4 Å². The van der Waals surface area contributed by atoms with Gasteiger partial charge in [0.15, 0.2) is 5.82 Å². The van der Waals surface area contributed by atoms with Crippen molar-refractivity contribution in [3.05, 3.63) is 48.3 Å². The highest BCUT2D eigenvalue weighted by atomic mass is 16.5. The molecule has 7 heteroatoms. The molecule has 1 aliphatic heterocycles. The molecule has 1 aromatic carbocycles. The van der Waals surface area contributed by atoms with E-state index in [1.165, 1.54) is 18.4 Å². The maximum Gasteiger partial charge on any atom is 0.257 e. The Hall–Kier alpha value is -2.54. The van der Waals surface area contributed by atoms with E-state index in [-0.39, 0.29) is 0 Å². The van der Waals surface area contributed by atoms with Gasteiger partial charge in [0.2, 0.25) is 0 Å². The summed E-state index contributed by atoms with van der Waals surface area (Å²) in [7, 11) is 0. The van der Waals surface area contributed by atoms with E-state index in [1.54, 1.807) is 12.7 Å². The molecule has 0 bridgehead atoms. The van der Waals surface area contributed by atoms with Gasteiger partial charge in [0.05, 0.1) is 13.1 Å². The summed E-state index contributed by atoms with van der Waals surface area (Å²) in [5, 5.41) is 8.42. The molecule has 1 saturated heterocycles. The predicted octanol–water partition coefficient (Wildman–Crippen LogP) is 2.69. The van der Waals surface area contributed by atoms with Crippen LogP contribution in [0, 0.1) is 6.92 Å². The van der Waals surface area contributed by atoms with Crippen LogP contribution in [0.5, 0.6) is 0 Å². The lowest BCUT2D eigenvalue weighted by atomic mass is 10.0. The van der Waals surface area contributed by atoms with E-state index in [0.29, 0.717) is 18.5 Å². The fourth-order valence-corrected chi connectivity index (χ4v) is 3.41. The molecule has 1 aliphatic rings. The second kappa shape index (κ2) is 7.14. The van der Waals surface area contributed by atoms with Gasteiger partial charge in [-0.2, -0.15) is 10.1 Å². The van der Waals surface area contributed by atoms with Gasteiger partial charge < -0.3 is 4.52 Å². The third kappa shape index (κ3) is 3.76. The number of piperidine rings is 1. The summed E-state index contributed by atoms with van der Waals surface area (Å²) in [6.07, 6.45) is 6.97. The standard InChI is InChI=1S/C18H22N6O/c1-14-5-4-6-15(9-14)18-21-17(22-25-18)11-23-8-3-2-7-16(23)10-24-13-19-12-20-24/h4-6,9,12-13,16H,2-3,7-8,10-11H2,1H3/t16-/m0/s1. The topological polar surface area (TPSA) is 72.9 Å². The van der Waals surface area contributed by atoms with Gasteiger partial charge in [-0.25, -0.2) is 4.98 Å². The van der Waals surface area contributed by atoms with Crippen LogP contribution in [0.1, 0.15) is 30.7 Å². The fourth-order valence-electron chi connectivity index (χ4n) is 3.41. The Labute approximate surface area is 146 Å². The largest absolute Gasteiger partial charge is 0.334 e. The van der Waals surface area contributed by atoms with Crippen molar-refractivity contribution in [2.24, 2.45) is 0 Å². The van der Waals surface area contributed by atoms with Crippen LogP contribution in [-0.2, 0) is 13.1 Å². The van der Waals surface area contributed by atoms with Crippen LogP contribution in [-0.4, -0.2) is 42.4 Å². The first-order valence-corrected chi connectivity index (χ1v) is 8.74. The Balaban J connectivity index is 1.47. The van der Waals surface area contributed by atoms with Gasteiger partial charge in [0.1, 0.15) is 12.7 Å². The molecule has 0 N–H and O–H groups in total. The third-order valence-electron chi connectivity index (χ3n) is 4.69. The third-order valence-corrected chi connectivity index (χ3v) is 4.69. The number of hydrogen-bond acceptors (Lipinski definition) is 6. The van der Waals surface area contributed by atoms with Crippen LogP contribution in [0.3, 0.4) is 0 Å².